The van der Waals surface area contributed by atoms with E-state index >= 15 is 0 Å². The van der Waals surface area contributed by atoms with Crippen LogP contribution < -0.4 is 0 Å². The van der Waals surface area contributed by atoms with Crippen molar-refractivity contribution in [2.24, 2.45) is 5.92 Å². The molecule has 0 fully saturated rings. The van der Waals surface area contributed by atoms with Crippen molar-refractivity contribution >= 4 is 27.8 Å². The van der Waals surface area contributed by atoms with Gasteiger partial charge in [-0.15, -0.1) is 34.5 Å². The summed E-state index contributed by atoms with van der Waals surface area (Å²) in [5, 5.41) is 2.78. The molecule has 0 radical (unpaired) electrons. The first-order chi connectivity index (χ1) is 15.5. The Morgan fingerprint density at radius 2 is 1.26 bits per heavy atom. The van der Waals surface area contributed by atoms with Gasteiger partial charge in [-0.25, -0.2) is 0 Å². The van der Waals surface area contributed by atoms with Gasteiger partial charge in [0.25, 0.3) is 0 Å². The van der Waals surface area contributed by atoms with Crippen LogP contribution in [0, 0.1) is 5.92 Å². The monoisotopic (exact) mass is 575 g/mol. The molecule has 186 valence electrons. The molecule has 0 atom stereocenters. The van der Waals surface area contributed by atoms with Crippen molar-refractivity contribution in [3.05, 3.63) is 64.7 Å². The summed E-state index contributed by atoms with van der Waals surface area (Å²) in [4.78, 5) is 0. The number of rotatable bonds is 3. The molecule has 0 saturated carbocycles. The minimum atomic E-state index is -0.826. The molecule has 0 spiro atoms. The van der Waals surface area contributed by atoms with Gasteiger partial charge in [-0.05, 0) is 45.3 Å². The maximum atomic E-state index is 4.93. The Morgan fingerprint density at radius 3 is 1.68 bits per heavy atom. The molecule has 0 saturated heterocycles. The summed E-state index contributed by atoms with van der Waals surface area (Å²) < 4.78 is 0. The zero-order valence-corrected chi connectivity index (χ0v) is 27.1. The maximum absolute atomic E-state index is 4.93. The van der Waals surface area contributed by atoms with Crippen LogP contribution in [0.1, 0.15) is 98.4 Å². The van der Waals surface area contributed by atoms with E-state index in [4.69, 9.17) is 17.0 Å². The van der Waals surface area contributed by atoms with Crippen LogP contribution in [0.15, 0.2) is 42.5 Å². The first-order valence-corrected chi connectivity index (χ1v) is 18.7. The second-order valence-electron chi connectivity index (χ2n) is 13.1. The third-order valence-corrected chi connectivity index (χ3v) is 6.36. The number of halogens is 2. The van der Waals surface area contributed by atoms with Crippen molar-refractivity contribution in [3.8, 4) is 11.1 Å². The normalized spacial score (nSPS) is 12.6. The average Bonchev–Trinajstić information content (AvgIpc) is 3.06. The van der Waals surface area contributed by atoms with Crippen LogP contribution in [-0.2, 0) is 43.5 Å². The molecule has 34 heavy (non-hydrogen) atoms. The Hall–Kier alpha value is -0.487. The van der Waals surface area contributed by atoms with Crippen molar-refractivity contribution in [1.29, 1.82) is 0 Å². The van der Waals surface area contributed by atoms with Gasteiger partial charge in [-0.1, -0.05) is 105 Å². The van der Waals surface area contributed by atoms with Crippen LogP contribution in [0.4, 0.5) is 0 Å². The molecule has 0 bridgehead atoms. The van der Waals surface area contributed by atoms with E-state index in [1.807, 2.05) is 0 Å². The fourth-order valence-electron chi connectivity index (χ4n) is 4.51. The predicted molar refractivity (Wildman–Crippen MR) is 151 cm³/mol. The molecular formula is C31H43Cl2Zr-. The topological polar surface area (TPSA) is 0 Å². The molecule has 0 unspecified atom stereocenters. The second kappa shape index (κ2) is 11.3. The molecule has 0 aliphatic heterocycles. The molecule has 3 aromatic carbocycles. The van der Waals surface area contributed by atoms with E-state index in [9.17, 15) is 0 Å². The van der Waals surface area contributed by atoms with Crippen LogP contribution in [-0.4, -0.2) is 0 Å². The number of benzene rings is 2. The molecule has 3 aromatic rings. The molecule has 0 aliphatic rings. The van der Waals surface area contributed by atoms with Crippen molar-refractivity contribution in [2.45, 2.75) is 98.8 Å². The van der Waals surface area contributed by atoms with Crippen LogP contribution >= 0.6 is 17.0 Å². The third kappa shape index (κ3) is 7.51. The summed E-state index contributed by atoms with van der Waals surface area (Å²) in [6, 6.07) is 16.9. The fraction of sp³-hybridized carbons (Fsp3) is 0.516. The SMILES string of the molecule is CC(C)Cc1cc2c(-c3cc(C(C)(C)C)cc(C(C)(C)C)c3)c(C(C)(C)C)ccc2[cH-]1.[Cl][Zr][Cl]. The molecule has 0 nitrogen and oxygen atoms in total. The number of hydrogen-bond donors (Lipinski definition) is 0. The summed E-state index contributed by atoms with van der Waals surface area (Å²) in [7, 11) is 9.87. The van der Waals surface area contributed by atoms with Gasteiger partial charge in [0.05, 0.1) is 0 Å². The van der Waals surface area contributed by atoms with E-state index in [-0.39, 0.29) is 16.2 Å². The van der Waals surface area contributed by atoms with Crippen molar-refractivity contribution in [2.75, 3.05) is 0 Å². The molecule has 0 N–H and O–H groups in total. The van der Waals surface area contributed by atoms with Crippen molar-refractivity contribution in [3.63, 3.8) is 0 Å². The van der Waals surface area contributed by atoms with E-state index in [0.29, 0.717) is 5.92 Å². The summed E-state index contributed by atoms with van der Waals surface area (Å²) in [6.45, 7) is 25.6. The first kappa shape index (κ1) is 29.7. The zero-order chi connectivity index (χ0) is 26.1. The Kier molecular flexibility index (Phi) is 9.86. The summed E-state index contributed by atoms with van der Waals surface area (Å²) in [5.41, 5.74) is 8.83. The molecule has 0 amide bonds. The molecule has 3 rings (SSSR count). The van der Waals surface area contributed by atoms with Gasteiger partial charge in [-0.3, -0.25) is 0 Å². The fourth-order valence-corrected chi connectivity index (χ4v) is 4.51. The van der Waals surface area contributed by atoms with E-state index in [1.54, 1.807) is 0 Å². The summed E-state index contributed by atoms with van der Waals surface area (Å²) >= 11 is -0.826. The Morgan fingerprint density at radius 1 is 0.765 bits per heavy atom. The van der Waals surface area contributed by atoms with Gasteiger partial charge in [0.1, 0.15) is 0 Å². The molecule has 0 aliphatic carbocycles. The molecule has 0 heterocycles. The summed E-state index contributed by atoms with van der Waals surface area (Å²) in [6.07, 6.45) is 1.13. The first-order valence-electron chi connectivity index (χ1n) is 12.3. The second-order valence-corrected chi connectivity index (χ2v) is 16.8. The number of fused-ring (bicyclic) bond motifs is 1. The molecule has 0 aromatic heterocycles. The zero-order valence-electron chi connectivity index (χ0n) is 23.1. The van der Waals surface area contributed by atoms with Crippen LogP contribution in [0.5, 0.6) is 0 Å². The van der Waals surface area contributed by atoms with Gasteiger partial charge in [0.2, 0.25) is 0 Å². The van der Waals surface area contributed by atoms with E-state index in [0.717, 1.165) is 6.42 Å². The van der Waals surface area contributed by atoms with E-state index < -0.39 is 20.8 Å². The Bertz CT molecular complexity index is 1070. The van der Waals surface area contributed by atoms with Gasteiger partial charge < -0.3 is 0 Å². The van der Waals surface area contributed by atoms with E-state index in [1.165, 1.54) is 44.2 Å². The van der Waals surface area contributed by atoms with Crippen LogP contribution in [0.3, 0.4) is 0 Å². The van der Waals surface area contributed by atoms with Gasteiger partial charge in [-0.2, -0.15) is 6.07 Å². The van der Waals surface area contributed by atoms with Gasteiger partial charge in [0.15, 0.2) is 0 Å². The third-order valence-electron chi connectivity index (χ3n) is 6.36. The van der Waals surface area contributed by atoms with Crippen molar-refractivity contribution < 1.29 is 20.8 Å². The molecule has 3 heteroatoms. The summed E-state index contributed by atoms with van der Waals surface area (Å²) in [5.74, 6) is 0.666. The average molecular weight is 578 g/mol. The minimum absolute atomic E-state index is 0.0820. The van der Waals surface area contributed by atoms with Gasteiger partial charge in [0, 0.05) is 0 Å². The molecular weight excluding hydrogens is 534 g/mol. The quantitative estimate of drug-likeness (QED) is 0.272. The predicted octanol–water partition coefficient (Wildman–Crippen LogP) is 10.7. The Balaban J connectivity index is 0.00000129. The standard InChI is InChI=1S/C31H43.2ClH.Zr/c1-20(2)14-21-15-22-12-13-27(31(9,10)11)28(26(22)16-21)23-17-24(29(3,4)5)19-25(18-23)30(6,7)8;;;/h12-13,15-20H,14H2,1-11H3;2*1H;/q-1;;;+2/p-2. The van der Waals surface area contributed by atoms with Crippen LogP contribution in [0.25, 0.3) is 21.9 Å². The van der Waals surface area contributed by atoms with Crippen molar-refractivity contribution in [1.82, 2.24) is 0 Å². The number of hydrogen-bond acceptors (Lipinski definition) is 0. The van der Waals surface area contributed by atoms with Gasteiger partial charge >= 0.3 is 37.9 Å². The van der Waals surface area contributed by atoms with Crippen LogP contribution in [0.2, 0.25) is 0 Å². The Labute approximate surface area is 227 Å². The van der Waals surface area contributed by atoms with E-state index in [2.05, 4.69) is 119 Å².